The quantitative estimate of drug-likeness (QED) is 0.0606. The lowest BCUT2D eigenvalue weighted by Crippen LogP contribution is -2.69. The summed E-state index contributed by atoms with van der Waals surface area (Å²) < 4.78 is 63.9. The summed E-state index contributed by atoms with van der Waals surface area (Å²) in [7, 11) is 0. The Morgan fingerprint density at radius 2 is 0.851 bits per heavy atom. The highest BCUT2D eigenvalue weighted by atomic mass is 16.8. The molecule has 0 aromatic carbocycles. The molecule has 6 fully saturated rings. The van der Waals surface area contributed by atoms with E-state index in [9.17, 15) is 91.0 Å². The molecule has 6 aliphatic rings. The number of rotatable bonds is 18. The van der Waals surface area contributed by atoms with Crippen molar-refractivity contribution < 1.29 is 143 Å². The van der Waals surface area contributed by atoms with E-state index in [0.717, 1.165) is 20.8 Å². The Balaban J connectivity index is 1.19. The standard InChI is InChI=1S/C42H71N3O29/c1-11-23(52)30(59)33(62)40(67-11)65-10-20-36(24(53)15(8-64-20)43-12(2)49)72-39-22(45-14(4)51)29(58)35(18(7-48)70-39)73-41-34(63)31(60)27(56)19(71-41)9-66-42-37(32(61)26(55)17(6-47)69-42)74-38-21(44-13(3)50)28(57)25(54)16(5-46)68-38/h11,15-42,46-48,52-63H,5-10H2,1-4H3,(H,43,49)(H,44,50)(H,45,51)/t11-,15-,16+,17+,18+,19+,20+,21+,22+,23+,24+,25+,26+,27+,28+,29+,30+,31-,32-,33-,34-,35+,36+,37-,38-,39+,40+,41-,42+/m0/s1. The summed E-state index contributed by atoms with van der Waals surface area (Å²) in [4.78, 5) is 36.8. The minimum Gasteiger partial charge on any atom is -0.394 e. The highest BCUT2D eigenvalue weighted by Crippen LogP contribution is 2.35. The molecule has 3 amide bonds. The molecule has 0 bridgehead atoms. The summed E-state index contributed by atoms with van der Waals surface area (Å²) in [6.07, 6.45) is -45.2. The van der Waals surface area contributed by atoms with Gasteiger partial charge in [-0.15, -0.1) is 0 Å². The van der Waals surface area contributed by atoms with Gasteiger partial charge in [0, 0.05) is 20.8 Å². The lowest BCUT2D eigenvalue weighted by Gasteiger charge is -2.49. The number of aliphatic hydroxyl groups is 15. The van der Waals surface area contributed by atoms with Gasteiger partial charge >= 0.3 is 0 Å². The Hall–Kier alpha value is -2.63. The SMILES string of the molecule is CC(=O)N[C@H]1[C@@H](O[C@H]2[C@H](O)[C@@H](NC(C)=O)CO[C@@H]2CO[C@@H]2O[C@@H](C)[C@@H](O)[C@@H](O)[C@@H]2O)O[C@H](CO)[C@@H](O[C@@H]2O[C@H](CO[C@@H]3O[C@H](CO)[C@@H](O)[C@H](O)[C@@H]3O[C@@H]3O[C@H](CO)[C@@H](O)[C@H](O)[C@H]3NC(C)=O)[C@@H](O)[C@H](O)[C@@H]2O)[C@@H]1O. The maximum Gasteiger partial charge on any atom is 0.217 e. The van der Waals surface area contributed by atoms with E-state index < -0.39 is 229 Å². The third-order valence-corrected chi connectivity index (χ3v) is 13.5. The molecule has 428 valence electrons. The van der Waals surface area contributed by atoms with Crippen LogP contribution in [0, 0.1) is 0 Å². The lowest BCUT2D eigenvalue weighted by atomic mass is 9.94. The van der Waals surface area contributed by atoms with Crippen LogP contribution in [0.15, 0.2) is 0 Å². The Kier molecular flexibility index (Phi) is 21.6. The monoisotopic (exact) mass is 1080 g/mol. The highest BCUT2D eigenvalue weighted by Gasteiger charge is 2.56. The van der Waals surface area contributed by atoms with Crippen LogP contribution >= 0.6 is 0 Å². The first-order chi connectivity index (χ1) is 34.9. The van der Waals surface area contributed by atoms with Gasteiger partial charge in [-0.3, -0.25) is 14.4 Å². The van der Waals surface area contributed by atoms with Crippen molar-refractivity contribution in [3.63, 3.8) is 0 Å². The van der Waals surface area contributed by atoms with E-state index in [1.807, 2.05) is 0 Å². The zero-order chi connectivity index (χ0) is 54.6. The van der Waals surface area contributed by atoms with Crippen molar-refractivity contribution in [2.45, 2.75) is 205 Å². The largest absolute Gasteiger partial charge is 0.394 e. The maximum absolute atomic E-state index is 12.6. The van der Waals surface area contributed by atoms with E-state index in [1.165, 1.54) is 6.92 Å². The predicted molar refractivity (Wildman–Crippen MR) is 231 cm³/mol. The molecule has 0 aromatic heterocycles. The molecule has 32 heteroatoms. The smallest absolute Gasteiger partial charge is 0.217 e. The fourth-order valence-corrected chi connectivity index (χ4v) is 9.39. The van der Waals surface area contributed by atoms with E-state index in [-0.39, 0.29) is 6.61 Å². The van der Waals surface area contributed by atoms with Gasteiger partial charge in [-0.25, -0.2) is 0 Å². The summed E-state index contributed by atoms with van der Waals surface area (Å²) in [5, 5.41) is 168. The number of aliphatic hydroxyl groups excluding tert-OH is 15. The first-order valence-electron chi connectivity index (χ1n) is 23.8. The van der Waals surface area contributed by atoms with Crippen LogP contribution in [0.25, 0.3) is 0 Å². The summed E-state index contributed by atoms with van der Waals surface area (Å²) in [6, 6.07) is -4.36. The van der Waals surface area contributed by atoms with Gasteiger partial charge in [0.15, 0.2) is 31.5 Å². The number of amides is 3. The first kappa shape index (κ1) is 60.6. The molecule has 29 atom stereocenters. The molecular weight excluding hydrogens is 1010 g/mol. The number of nitrogens with one attached hydrogen (secondary N) is 3. The fraction of sp³-hybridized carbons (Fsp3) is 0.929. The van der Waals surface area contributed by atoms with Crippen LogP contribution in [0.3, 0.4) is 0 Å². The van der Waals surface area contributed by atoms with Crippen LogP contribution in [0.4, 0.5) is 0 Å². The second-order valence-electron chi connectivity index (χ2n) is 18.9. The van der Waals surface area contributed by atoms with Gasteiger partial charge in [0.1, 0.15) is 134 Å². The van der Waals surface area contributed by atoms with Gasteiger partial charge in [-0.1, -0.05) is 0 Å². The zero-order valence-electron chi connectivity index (χ0n) is 40.4. The molecule has 6 aliphatic heterocycles. The van der Waals surface area contributed by atoms with Crippen molar-refractivity contribution in [1.82, 2.24) is 16.0 Å². The predicted octanol–water partition coefficient (Wildman–Crippen LogP) is -12.0. The highest BCUT2D eigenvalue weighted by molar-refractivity contribution is 5.74. The average molecular weight is 1080 g/mol. The summed E-state index contributed by atoms with van der Waals surface area (Å²) in [5.74, 6) is -2.10. The van der Waals surface area contributed by atoms with Crippen molar-refractivity contribution in [1.29, 1.82) is 0 Å². The molecule has 32 nitrogen and oxygen atoms in total. The molecule has 0 unspecified atom stereocenters. The van der Waals surface area contributed by atoms with E-state index in [1.54, 1.807) is 0 Å². The van der Waals surface area contributed by atoms with Gasteiger partial charge in [-0.05, 0) is 6.92 Å². The molecule has 0 saturated carbocycles. The number of hydrogen-bond acceptors (Lipinski definition) is 29. The van der Waals surface area contributed by atoms with Crippen molar-refractivity contribution in [3.05, 3.63) is 0 Å². The average Bonchev–Trinajstić information content (AvgIpc) is 3.35. The maximum atomic E-state index is 12.6. The van der Waals surface area contributed by atoms with Gasteiger partial charge in [-0.2, -0.15) is 0 Å². The Labute approximate surface area is 421 Å². The number of carbonyl (C=O) groups excluding carboxylic acids is 3. The Morgan fingerprint density at radius 1 is 0.419 bits per heavy atom. The summed E-state index contributed by atoms with van der Waals surface area (Å²) >= 11 is 0. The van der Waals surface area contributed by atoms with E-state index in [4.69, 9.17) is 52.1 Å². The Morgan fingerprint density at radius 3 is 1.43 bits per heavy atom. The molecular formula is C42H71N3O29. The number of ether oxygens (including phenoxy) is 11. The summed E-state index contributed by atoms with van der Waals surface area (Å²) in [6.45, 7) is 0.221. The minimum atomic E-state index is -2.13. The third kappa shape index (κ3) is 13.6. The van der Waals surface area contributed by atoms with Crippen molar-refractivity contribution in [2.75, 3.05) is 39.6 Å². The molecule has 18 N–H and O–H groups in total. The first-order valence-corrected chi connectivity index (χ1v) is 23.8. The second kappa shape index (κ2) is 26.3. The molecule has 0 spiro atoms. The molecule has 0 aromatic rings. The van der Waals surface area contributed by atoms with Crippen molar-refractivity contribution in [2.24, 2.45) is 0 Å². The number of hydrogen-bond donors (Lipinski definition) is 18. The van der Waals surface area contributed by atoms with Crippen LogP contribution in [-0.4, -0.2) is 312 Å². The topological polar surface area (TPSA) is 492 Å². The van der Waals surface area contributed by atoms with Gasteiger partial charge < -0.3 is 145 Å². The van der Waals surface area contributed by atoms with Gasteiger partial charge in [0.2, 0.25) is 17.7 Å². The molecule has 74 heavy (non-hydrogen) atoms. The third-order valence-electron chi connectivity index (χ3n) is 13.5. The van der Waals surface area contributed by atoms with E-state index in [0.29, 0.717) is 0 Å². The van der Waals surface area contributed by atoms with Crippen molar-refractivity contribution >= 4 is 17.7 Å². The molecule has 0 radical (unpaired) electrons. The number of carbonyl (C=O) groups is 3. The second-order valence-corrected chi connectivity index (χ2v) is 18.9. The minimum absolute atomic E-state index is 0.316. The van der Waals surface area contributed by atoms with E-state index in [2.05, 4.69) is 16.0 Å². The van der Waals surface area contributed by atoms with Gasteiger partial charge in [0.25, 0.3) is 0 Å². The van der Waals surface area contributed by atoms with Crippen molar-refractivity contribution in [3.8, 4) is 0 Å². The summed E-state index contributed by atoms with van der Waals surface area (Å²) in [5.41, 5.74) is 0. The zero-order valence-corrected chi connectivity index (χ0v) is 40.4. The molecule has 6 rings (SSSR count). The molecule has 6 heterocycles. The van der Waals surface area contributed by atoms with Gasteiger partial charge in [0.05, 0.1) is 51.8 Å². The van der Waals surface area contributed by atoms with Crippen LogP contribution in [0.2, 0.25) is 0 Å². The molecule has 6 saturated heterocycles. The molecule has 0 aliphatic carbocycles. The van der Waals surface area contributed by atoms with Crippen LogP contribution in [-0.2, 0) is 66.5 Å². The van der Waals surface area contributed by atoms with Crippen LogP contribution < -0.4 is 16.0 Å². The van der Waals surface area contributed by atoms with Crippen LogP contribution in [0.1, 0.15) is 27.7 Å². The van der Waals surface area contributed by atoms with Crippen LogP contribution in [0.5, 0.6) is 0 Å². The van der Waals surface area contributed by atoms with E-state index >= 15 is 0 Å². The normalized spacial score (nSPS) is 48.1. The fourth-order valence-electron chi connectivity index (χ4n) is 9.39. The Bertz CT molecular complexity index is 1820. The lowest BCUT2D eigenvalue weighted by molar-refractivity contribution is -0.372.